The van der Waals surface area contributed by atoms with Crippen molar-refractivity contribution in [1.29, 1.82) is 0 Å². The van der Waals surface area contributed by atoms with Crippen LogP contribution < -0.4 is 0 Å². The number of nitrogens with zero attached hydrogens (tertiary/aromatic N) is 3. The molecule has 2 aromatic carbocycles. The van der Waals surface area contributed by atoms with Crippen molar-refractivity contribution in [3.63, 3.8) is 0 Å². The summed E-state index contributed by atoms with van der Waals surface area (Å²) in [4.78, 5) is 25.1. The molecule has 0 bridgehead atoms. The number of nitro groups is 1. The number of benzene rings is 2. The van der Waals surface area contributed by atoms with Gasteiger partial charge in [-0.25, -0.2) is 0 Å². The van der Waals surface area contributed by atoms with Crippen LogP contribution in [0.25, 0.3) is 0 Å². The van der Waals surface area contributed by atoms with E-state index < -0.39 is 22.6 Å². The van der Waals surface area contributed by atoms with Gasteiger partial charge >= 0.3 is 6.18 Å². The van der Waals surface area contributed by atoms with Crippen molar-refractivity contribution >= 4 is 11.6 Å². The van der Waals surface area contributed by atoms with Gasteiger partial charge in [-0.1, -0.05) is 18.2 Å². The van der Waals surface area contributed by atoms with Crippen molar-refractivity contribution < 1.29 is 27.6 Å². The number of halogens is 3. The van der Waals surface area contributed by atoms with Crippen LogP contribution in [0.1, 0.15) is 27.2 Å². The zero-order valence-corrected chi connectivity index (χ0v) is 17.8. The monoisotopic (exact) mass is 461 g/mol. The van der Waals surface area contributed by atoms with Crippen molar-refractivity contribution in [2.45, 2.75) is 19.3 Å². The number of hydrogen-bond donors (Lipinski definition) is 0. The molecule has 174 valence electrons. The Kier molecular flexibility index (Phi) is 7.49. The summed E-state index contributed by atoms with van der Waals surface area (Å²) < 4.78 is 46.0. The molecule has 0 aliphatic heterocycles. The fourth-order valence-corrected chi connectivity index (χ4v) is 3.37. The SMILES string of the molecule is COCCN(Cc1cccn1Cc1cccc(C(F)(F)F)c1)C(=O)c1cccc([N+](=O)[O-])c1. The summed E-state index contributed by atoms with van der Waals surface area (Å²) in [6.45, 7) is 0.813. The lowest BCUT2D eigenvalue weighted by Crippen LogP contribution is -2.34. The van der Waals surface area contributed by atoms with Crippen LogP contribution in [0.15, 0.2) is 66.9 Å². The van der Waals surface area contributed by atoms with E-state index in [1.54, 1.807) is 29.0 Å². The van der Waals surface area contributed by atoms with E-state index in [0.717, 1.165) is 12.1 Å². The number of carbonyl (C=O) groups is 1. The van der Waals surface area contributed by atoms with Gasteiger partial charge in [0.25, 0.3) is 11.6 Å². The Labute approximate surface area is 188 Å². The molecule has 3 aromatic rings. The lowest BCUT2D eigenvalue weighted by molar-refractivity contribution is -0.384. The second-order valence-electron chi connectivity index (χ2n) is 7.35. The van der Waals surface area contributed by atoms with Gasteiger partial charge in [0.15, 0.2) is 0 Å². The Morgan fingerprint density at radius 1 is 1.12 bits per heavy atom. The molecule has 1 aromatic heterocycles. The largest absolute Gasteiger partial charge is 0.416 e. The molecule has 7 nitrogen and oxygen atoms in total. The third kappa shape index (κ3) is 6.19. The van der Waals surface area contributed by atoms with E-state index in [9.17, 15) is 28.1 Å². The van der Waals surface area contributed by atoms with Crippen LogP contribution in [-0.2, 0) is 24.0 Å². The number of alkyl halides is 3. The fraction of sp³-hybridized carbons (Fsp3) is 0.261. The Hall–Kier alpha value is -3.66. The Morgan fingerprint density at radius 3 is 2.58 bits per heavy atom. The number of ether oxygens (including phenoxy) is 1. The zero-order chi connectivity index (χ0) is 24.0. The number of amides is 1. The minimum Gasteiger partial charge on any atom is -0.383 e. The van der Waals surface area contributed by atoms with Gasteiger partial charge in [0, 0.05) is 49.8 Å². The van der Waals surface area contributed by atoms with Crippen LogP contribution in [-0.4, -0.2) is 40.6 Å². The molecule has 1 amide bonds. The molecule has 0 spiro atoms. The van der Waals surface area contributed by atoms with Crippen LogP contribution in [0, 0.1) is 10.1 Å². The van der Waals surface area contributed by atoms with Crippen LogP contribution in [0.4, 0.5) is 18.9 Å². The molecule has 0 atom stereocenters. The first-order chi connectivity index (χ1) is 15.7. The highest BCUT2D eigenvalue weighted by molar-refractivity contribution is 5.94. The van der Waals surface area contributed by atoms with E-state index in [-0.39, 0.29) is 37.5 Å². The molecule has 0 saturated carbocycles. The van der Waals surface area contributed by atoms with Crippen LogP contribution >= 0.6 is 0 Å². The summed E-state index contributed by atoms with van der Waals surface area (Å²) in [6.07, 6.45) is -2.71. The van der Waals surface area contributed by atoms with Gasteiger partial charge in [-0.2, -0.15) is 13.2 Å². The van der Waals surface area contributed by atoms with Gasteiger partial charge < -0.3 is 14.2 Å². The first-order valence-electron chi connectivity index (χ1n) is 10.0. The number of rotatable bonds is 9. The maximum absolute atomic E-state index is 13.1. The Bertz CT molecular complexity index is 1130. The minimum atomic E-state index is -4.43. The summed E-state index contributed by atoms with van der Waals surface area (Å²) in [5.74, 6) is -0.414. The van der Waals surface area contributed by atoms with Gasteiger partial charge in [-0.05, 0) is 35.9 Å². The maximum Gasteiger partial charge on any atom is 0.416 e. The van der Waals surface area contributed by atoms with Crippen LogP contribution in [0.5, 0.6) is 0 Å². The zero-order valence-electron chi connectivity index (χ0n) is 17.8. The summed E-state index contributed by atoms with van der Waals surface area (Å²) in [5, 5.41) is 11.1. The van der Waals surface area contributed by atoms with Gasteiger partial charge in [0.2, 0.25) is 0 Å². The van der Waals surface area contributed by atoms with Gasteiger partial charge in [0.05, 0.1) is 23.6 Å². The average molecular weight is 461 g/mol. The molecule has 0 aliphatic rings. The smallest absolute Gasteiger partial charge is 0.383 e. The fourth-order valence-electron chi connectivity index (χ4n) is 3.37. The molecular weight excluding hydrogens is 439 g/mol. The highest BCUT2D eigenvalue weighted by Crippen LogP contribution is 2.29. The minimum absolute atomic E-state index is 0.150. The number of methoxy groups -OCH3 is 1. The lowest BCUT2D eigenvalue weighted by atomic mass is 10.1. The normalized spacial score (nSPS) is 11.4. The molecular formula is C23H22F3N3O4. The van der Waals surface area contributed by atoms with E-state index in [4.69, 9.17) is 4.74 Å². The summed E-state index contributed by atoms with van der Waals surface area (Å²) in [6, 6.07) is 14.1. The second-order valence-corrected chi connectivity index (χ2v) is 7.35. The van der Waals surface area contributed by atoms with Crippen molar-refractivity contribution in [2.24, 2.45) is 0 Å². The molecule has 0 fully saturated rings. The van der Waals surface area contributed by atoms with E-state index in [2.05, 4.69) is 0 Å². The van der Waals surface area contributed by atoms with Crippen LogP contribution in [0.3, 0.4) is 0 Å². The van der Waals surface area contributed by atoms with Gasteiger partial charge in [-0.3, -0.25) is 14.9 Å². The number of carbonyl (C=O) groups excluding carboxylic acids is 1. The maximum atomic E-state index is 13.1. The lowest BCUT2D eigenvalue weighted by Gasteiger charge is -2.23. The quantitative estimate of drug-likeness (QED) is 0.340. The molecule has 33 heavy (non-hydrogen) atoms. The molecule has 0 radical (unpaired) electrons. The van der Waals surface area contributed by atoms with Crippen LogP contribution in [0.2, 0.25) is 0 Å². The Balaban J connectivity index is 1.83. The molecule has 0 N–H and O–H groups in total. The van der Waals surface area contributed by atoms with Gasteiger partial charge in [0.1, 0.15) is 0 Å². The third-order valence-electron chi connectivity index (χ3n) is 5.04. The van der Waals surface area contributed by atoms with E-state index in [0.29, 0.717) is 11.3 Å². The highest BCUT2D eigenvalue weighted by Gasteiger charge is 2.30. The third-order valence-corrected chi connectivity index (χ3v) is 5.04. The molecule has 3 rings (SSSR count). The predicted molar refractivity (Wildman–Crippen MR) is 115 cm³/mol. The number of nitro benzene ring substituents is 1. The van der Waals surface area contributed by atoms with E-state index >= 15 is 0 Å². The van der Waals surface area contributed by atoms with E-state index in [1.165, 1.54) is 42.3 Å². The van der Waals surface area contributed by atoms with Crippen molar-refractivity contribution in [3.8, 4) is 0 Å². The number of hydrogen-bond acceptors (Lipinski definition) is 4. The van der Waals surface area contributed by atoms with E-state index in [1.807, 2.05) is 0 Å². The summed E-state index contributed by atoms with van der Waals surface area (Å²) >= 11 is 0. The molecule has 0 saturated heterocycles. The first kappa shape index (κ1) is 24.0. The molecule has 0 unspecified atom stereocenters. The number of non-ortho nitro benzene ring substituents is 1. The predicted octanol–water partition coefficient (Wildman–Crippen LogP) is 4.75. The molecule has 0 aliphatic carbocycles. The summed E-state index contributed by atoms with van der Waals surface area (Å²) in [7, 11) is 1.49. The van der Waals surface area contributed by atoms with Crippen molar-refractivity contribution in [1.82, 2.24) is 9.47 Å². The first-order valence-corrected chi connectivity index (χ1v) is 10.0. The summed E-state index contributed by atoms with van der Waals surface area (Å²) in [5.41, 5.74) is 0.408. The topological polar surface area (TPSA) is 77.6 Å². The Morgan fingerprint density at radius 2 is 1.88 bits per heavy atom. The second kappa shape index (κ2) is 10.3. The number of aromatic nitrogens is 1. The molecule has 10 heteroatoms. The average Bonchev–Trinajstić information content (AvgIpc) is 3.22. The van der Waals surface area contributed by atoms with Crippen molar-refractivity contribution in [3.05, 3.63) is 99.4 Å². The standard InChI is InChI=1S/C23H22F3N3O4/c1-33-12-11-28(22(30)18-6-3-8-20(14-18)29(31)32)16-21-9-4-10-27(21)15-17-5-2-7-19(13-17)23(24,25)26/h2-10,13-14H,11-12,15-16H2,1H3. The van der Waals surface area contributed by atoms with Crippen molar-refractivity contribution in [2.75, 3.05) is 20.3 Å². The highest BCUT2D eigenvalue weighted by atomic mass is 19.4. The van der Waals surface area contributed by atoms with Gasteiger partial charge in [-0.15, -0.1) is 0 Å². The molecule has 1 heterocycles.